The lowest BCUT2D eigenvalue weighted by Gasteiger charge is -2.24. The summed E-state index contributed by atoms with van der Waals surface area (Å²) >= 11 is 0. The van der Waals surface area contributed by atoms with Crippen LogP contribution in [0.1, 0.15) is 26.3 Å². The van der Waals surface area contributed by atoms with Crippen LogP contribution in [0.2, 0.25) is 0 Å². The van der Waals surface area contributed by atoms with E-state index >= 15 is 0 Å². The Balaban J connectivity index is 2.00. The number of carbonyl (C=O) groups excluding carboxylic acids is 2. The van der Waals surface area contributed by atoms with Crippen LogP contribution in [-0.2, 0) is 20.9 Å². The van der Waals surface area contributed by atoms with Gasteiger partial charge in [-0.3, -0.25) is 4.79 Å². The Labute approximate surface area is 146 Å². The maximum atomic E-state index is 12.4. The third-order valence-electron chi connectivity index (χ3n) is 3.67. The molecule has 0 aromatic heterocycles. The lowest BCUT2D eigenvalue weighted by Crippen LogP contribution is -2.36. The highest BCUT2D eigenvalue weighted by Crippen LogP contribution is 2.24. The lowest BCUT2D eigenvalue weighted by atomic mass is 10.1. The zero-order valence-corrected chi connectivity index (χ0v) is 14.6. The minimum atomic E-state index is -0.702. The van der Waals surface area contributed by atoms with E-state index in [0.29, 0.717) is 0 Å². The fraction of sp³-hybridized carbons (Fsp3) is 0.529. The molecule has 8 nitrogen and oxygen atoms in total. The van der Waals surface area contributed by atoms with Crippen LogP contribution in [0, 0.1) is 5.92 Å². The molecule has 1 fully saturated rings. The normalized spacial score (nSPS) is 19.9. The average molecular weight is 346 g/mol. The second-order valence-electron chi connectivity index (χ2n) is 6.86. The Morgan fingerprint density at radius 3 is 2.56 bits per heavy atom. The Morgan fingerprint density at radius 1 is 1.28 bits per heavy atom. The second-order valence-corrected chi connectivity index (χ2v) is 6.86. The van der Waals surface area contributed by atoms with Gasteiger partial charge in [0.2, 0.25) is 0 Å². The average Bonchev–Trinajstić information content (AvgIpc) is 2.97. The lowest BCUT2D eigenvalue weighted by molar-refractivity contribution is -0.149. The summed E-state index contributed by atoms with van der Waals surface area (Å²) in [5, 5.41) is 3.64. The molecule has 0 bridgehead atoms. The van der Waals surface area contributed by atoms with Gasteiger partial charge in [0.1, 0.15) is 12.2 Å². The van der Waals surface area contributed by atoms with Crippen molar-refractivity contribution in [2.75, 3.05) is 13.1 Å². The molecule has 1 aliphatic heterocycles. The van der Waals surface area contributed by atoms with Gasteiger partial charge in [0, 0.05) is 18.0 Å². The Kier molecular flexibility index (Phi) is 5.88. The van der Waals surface area contributed by atoms with Gasteiger partial charge in [-0.1, -0.05) is 35.4 Å². The number of benzene rings is 1. The van der Waals surface area contributed by atoms with E-state index in [9.17, 15) is 9.59 Å². The maximum absolute atomic E-state index is 12.4. The van der Waals surface area contributed by atoms with Gasteiger partial charge in [0.25, 0.3) is 0 Å². The van der Waals surface area contributed by atoms with Crippen molar-refractivity contribution in [3.8, 4) is 0 Å². The van der Waals surface area contributed by atoms with Crippen molar-refractivity contribution in [1.82, 2.24) is 4.90 Å². The summed E-state index contributed by atoms with van der Waals surface area (Å²) in [5.41, 5.74) is 8.93. The van der Waals surface area contributed by atoms with E-state index in [1.54, 1.807) is 20.8 Å². The fourth-order valence-corrected chi connectivity index (χ4v) is 2.51. The molecule has 134 valence electrons. The van der Waals surface area contributed by atoms with Crippen molar-refractivity contribution < 1.29 is 19.1 Å². The van der Waals surface area contributed by atoms with Crippen LogP contribution in [0.4, 0.5) is 4.79 Å². The first kappa shape index (κ1) is 18.6. The molecular weight excluding hydrogens is 324 g/mol. The summed E-state index contributed by atoms with van der Waals surface area (Å²) in [7, 11) is 0. The fourth-order valence-electron chi connectivity index (χ4n) is 2.51. The number of carbonyl (C=O) groups is 2. The molecule has 2 atom stereocenters. The van der Waals surface area contributed by atoms with Crippen LogP contribution in [0.3, 0.4) is 0 Å². The molecule has 2 unspecified atom stereocenters. The van der Waals surface area contributed by atoms with E-state index in [1.807, 2.05) is 30.3 Å². The first-order chi connectivity index (χ1) is 11.8. The third kappa shape index (κ3) is 5.39. The summed E-state index contributed by atoms with van der Waals surface area (Å²) in [4.78, 5) is 28.7. The van der Waals surface area contributed by atoms with Crippen LogP contribution in [0.15, 0.2) is 35.4 Å². The number of esters is 1. The van der Waals surface area contributed by atoms with Crippen LogP contribution >= 0.6 is 0 Å². The molecule has 0 radical (unpaired) electrons. The van der Waals surface area contributed by atoms with Crippen molar-refractivity contribution >= 4 is 12.1 Å². The topological polar surface area (TPSA) is 105 Å². The molecule has 8 heteroatoms. The highest BCUT2D eigenvalue weighted by atomic mass is 16.6. The van der Waals surface area contributed by atoms with E-state index in [4.69, 9.17) is 15.0 Å². The van der Waals surface area contributed by atoms with Crippen LogP contribution in [-0.4, -0.2) is 41.7 Å². The van der Waals surface area contributed by atoms with Crippen LogP contribution in [0.25, 0.3) is 10.4 Å². The molecule has 25 heavy (non-hydrogen) atoms. The summed E-state index contributed by atoms with van der Waals surface area (Å²) in [6, 6.07) is 8.61. The van der Waals surface area contributed by atoms with Gasteiger partial charge < -0.3 is 14.4 Å². The molecule has 0 saturated carbocycles. The molecule has 1 amide bonds. The summed E-state index contributed by atoms with van der Waals surface area (Å²) in [5.74, 6) is -1.19. The van der Waals surface area contributed by atoms with Gasteiger partial charge in [-0.05, 0) is 31.9 Å². The molecule has 1 aromatic rings. The first-order valence-electron chi connectivity index (χ1n) is 8.03. The predicted molar refractivity (Wildman–Crippen MR) is 90.5 cm³/mol. The molecule has 1 heterocycles. The summed E-state index contributed by atoms with van der Waals surface area (Å²) in [6.07, 6.45) is -0.538. The Bertz CT molecular complexity index is 665. The van der Waals surface area contributed by atoms with E-state index in [1.165, 1.54) is 4.90 Å². The van der Waals surface area contributed by atoms with Crippen molar-refractivity contribution in [3.05, 3.63) is 46.3 Å². The monoisotopic (exact) mass is 346 g/mol. The van der Waals surface area contributed by atoms with E-state index in [2.05, 4.69) is 10.0 Å². The van der Waals surface area contributed by atoms with E-state index in [0.717, 1.165) is 5.56 Å². The smallest absolute Gasteiger partial charge is 0.410 e. The number of azide groups is 1. The molecule has 1 aromatic carbocycles. The second kappa shape index (κ2) is 7.90. The van der Waals surface area contributed by atoms with Gasteiger partial charge in [0.05, 0.1) is 12.0 Å². The molecule has 0 N–H and O–H groups in total. The number of nitrogens with zero attached hydrogens (tertiary/aromatic N) is 4. The Hall–Kier alpha value is -2.73. The zero-order valence-electron chi connectivity index (χ0n) is 14.6. The van der Waals surface area contributed by atoms with Crippen molar-refractivity contribution in [2.45, 2.75) is 39.0 Å². The molecule has 1 aliphatic rings. The third-order valence-corrected chi connectivity index (χ3v) is 3.67. The van der Waals surface area contributed by atoms with E-state index < -0.39 is 29.6 Å². The largest absolute Gasteiger partial charge is 0.461 e. The number of likely N-dealkylation sites (tertiary alicyclic amines) is 1. The highest BCUT2D eigenvalue weighted by molar-refractivity contribution is 5.77. The quantitative estimate of drug-likeness (QED) is 0.361. The summed E-state index contributed by atoms with van der Waals surface area (Å²) in [6.45, 7) is 5.65. The van der Waals surface area contributed by atoms with Crippen LogP contribution < -0.4 is 0 Å². The molecular formula is C17H22N4O4. The zero-order chi connectivity index (χ0) is 18.4. The number of rotatable bonds is 4. The number of hydrogen-bond acceptors (Lipinski definition) is 5. The first-order valence-corrected chi connectivity index (χ1v) is 8.03. The molecule has 1 saturated heterocycles. The standard InChI is InChI=1S/C17H22N4O4/c1-17(2,3)25-16(23)21-9-13(14(10-21)19-20-18)15(22)24-11-12-7-5-4-6-8-12/h4-8,13-14H,9-11H2,1-3H3. The minimum Gasteiger partial charge on any atom is -0.461 e. The van der Waals surface area contributed by atoms with Crippen LogP contribution in [0.5, 0.6) is 0 Å². The van der Waals surface area contributed by atoms with E-state index in [-0.39, 0.29) is 19.7 Å². The van der Waals surface area contributed by atoms with Crippen molar-refractivity contribution in [3.63, 3.8) is 0 Å². The minimum absolute atomic E-state index is 0.103. The van der Waals surface area contributed by atoms with Crippen molar-refractivity contribution in [1.29, 1.82) is 0 Å². The molecule has 0 aliphatic carbocycles. The maximum Gasteiger partial charge on any atom is 0.410 e. The van der Waals surface area contributed by atoms with Crippen molar-refractivity contribution in [2.24, 2.45) is 11.0 Å². The van der Waals surface area contributed by atoms with Gasteiger partial charge in [-0.15, -0.1) is 0 Å². The van der Waals surface area contributed by atoms with Gasteiger partial charge >= 0.3 is 12.1 Å². The predicted octanol–water partition coefficient (Wildman–Crippen LogP) is 3.28. The molecule has 2 rings (SSSR count). The number of amides is 1. The Morgan fingerprint density at radius 2 is 1.96 bits per heavy atom. The number of hydrogen-bond donors (Lipinski definition) is 0. The SMILES string of the molecule is CC(C)(C)OC(=O)N1CC(N=[N+]=[N-])C(C(=O)OCc2ccccc2)C1. The summed E-state index contributed by atoms with van der Waals surface area (Å²) < 4.78 is 10.6. The van der Waals surface area contributed by atoms with Gasteiger partial charge in [0.15, 0.2) is 0 Å². The molecule has 0 spiro atoms. The highest BCUT2D eigenvalue weighted by Gasteiger charge is 2.41. The van der Waals surface area contributed by atoms with Gasteiger partial charge in [-0.2, -0.15) is 0 Å². The van der Waals surface area contributed by atoms with Gasteiger partial charge in [-0.25, -0.2) is 4.79 Å². The number of ether oxygens (including phenoxy) is 2.